The monoisotopic (exact) mass is 313 g/mol. The number of hydrogen-bond donors (Lipinski definition) is 1. The smallest absolute Gasteiger partial charge is 0.332 e. The second-order valence-corrected chi connectivity index (χ2v) is 11.7. The van der Waals surface area contributed by atoms with Gasteiger partial charge in [0.2, 0.25) is 5.91 Å². The van der Waals surface area contributed by atoms with Crippen molar-refractivity contribution in [1.82, 2.24) is 5.32 Å². The Morgan fingerprint density at radius 3 is 2.43 bits per heavy atom. The number of esters is 1. The summed E-state index contributed by atoms with van der Waals surface area (Å²) in [6.07, 6.45) is 1.10. The fourth-order valence-corrected chi connectivity index (χ4v) is 3.39. The van der Waals surface area contributed by atoms with E-state index in [4.69, 9.17) is 9.16 Å². The van der Waals surface area contributed by atoms with Crippen LogP contribution in [0.25, 0.3) is 0 Å². The van der Waals surface area contributed by atoms with Crippen LogP contribution in [0.3, 0.4) is 0 Å². The van der Waals surface area contributed by atoms with Gasteiger partial charge in [0.05, 0.1) is 12.7 Å². The number of carbonyl (C=O) groups excluding carboxylic acids is 2. The number of ether oxygens (including phenoxy) is 1. The molecule has 0 unspecified atom stereocenters. The molecule has 2 atom stereocenters. The van der Waals surface area contributed by atoms with Crippen LogP contribution in [0, 0.1) is 5.92 Å². The minimum Gasteiger partial charge on any atom is -0.463 e. The fraction of sp³-hybridized carbons (Fsp3) is 0.733. The van der Waals surface area contributed by atoms with Gasteiger partial charge < -0.3 is 14.5 Å². The summed E-state index contributed by atoms with van der Waals surface area (Å²) in [5.74, 6) is -0.933. The van der Waals surface area contributed by atoms with Gasteiger partial charge in [0.15, 0.2) is 8.32 Å². The molecule has 0 aromatic carbocycles. The van der Waals surface area contributed by atoms with Gasteiger partial charge in [0.25, 0.3) is 0 Å². The summed E-state index contributed by atoms with van der Waals surface area (Å²) in [6, 6.07) is 0. The molecule has 6 heteroatoms. The highest BCUT2D eigenvalue weighted by atomic mass is 28.4. The molecular formula is C15H27NO4Si. The fourth-order valence-electron chi connectivity index (χ4n) is 1.97. The normalized spacial score (nSPS) is 22.5. The summed E-state index contributed by atoms with van der Waals surface area (Å²) in [6.45, 7) is 14.7. The number of rotatable bonds is 5. The molecule has 0 aromatic heterocycles. The molecule has 0 aliphatic carbocycles. The average Bonchev–Trinajstić information content (AvgIpc) is 2.25. The Labute approximate surface area is 128 Å². The van der Waals surface area contributed by atoms with Gasteiger partial charge >= 0.3 is 5.97 Å². The van der Waals surface area contributed by atoms with Crippen molar-refractivity contribution in [2.45, 2.75) is 58.9 Å². The van der Waals surface area contributed by atoms with E-state index in [0.717, 1.165) is 0 Å². The van der Waals surface area contributed by atoms with Gasteiger partial charge in [-0.2, -0.15) is 0 Å². The predicted octanol–water partition coefficient (Wildman–Crippen LogP) is 2.59. The van der Waals surface area contributed by atoms with Gasteiger partial charge in [-0.15, -0.1) is 0 Å². The van der Waals surface area contributed by atoms with Gasteiger partial charge in [-0.25, -0.2) is 4.79 Å². The second-order valence-electron chi connectivity index (χ2n) is 6.90. The largest absolute Gasteiger partial charge is 0.463 e. The molecule has 21 heavy (non-hydrogen) atoms. The lowest BCUT2D eigenvalue weighted by Gasteiger charge is -2.42. The van der Waals surface area contributed by atoms with Crippen LogP contribution < -0.4 is 5.32 Å². The lowest BCUT2D eigenvalue weighted by atomic mass is 9.91. The van der Waals surface area contributed by atoms with Crippen LogP contribution in [-0.2, 0) is 18.8 Å². The zero-order chi connectivity index (χ0) is 16.4. The van der Waals surface area contributed by atoms with Crippen LogP contribution in [0.2, 0.25) is 18.1 Å². The highest BCUT2D eigenvalue weighted by molar-refractivity contribution is 6.74. The molecule has 1 aliphatic heterocycles. The van der Waals surface area contributed by atoms with Gasteiger partial charge in [-0.1, -0.05) is 20.8 Å². The van der Waals surface area contributed by atoms with Gasteiger partial charge in [-0.05, 0) is 32.0 Å². The van der Waals surface area contributed by atoms with E-state index >= 15 is 0 Å². The third-order valence-corrected chi connectivity index (χ3v) is 8.77. The molecule has 1 rings (SSSR count). The van der Waals surface area contributed by atoms with Crippen LogP contribution in [-0.4, -0.2) is 32.9 Å². The minimum atomic E-state index is -1.95. The van der Waals surface area contributed by atoms with Crippen molar-refractivity contribution in [1.29, 1.82) is 0 Å². The number of carbonyl (C=O) groups is 2. The van der Waals surface area contributed by atoms with Gasteiger partial charge in [0, 0.05) is 11.8 Å². The quantitative estimate of drug-likeness (QED) is 0.367. The van der Waals surface area contributed by atoms with Crippen molar-refractivity contribution in [3.05, 3.63) is 11.8 Å². The Morgan fingerprint density at radius 1 is 1.43 bits per heavy atom. The Morgan fingerprint density at radius 2 is 2.00 bits per heavy atom. The lowest BCUT2D eigenvalue weighted by Crippen LogP contribution is -2.55. The maximum Gasteiger partial charge on any atom is 0.332 e. The second kappa shape index (κ2) is 6.32. The summed E-state index contributed by atoms with van der Waals surface area (Å²) in [5, 5.41) is 2.72. The lowest BCUT2D eigenvalue weighted by molar-refractivity contribution is -0.137. The summed E-state index contributed by atoms with van der Waals surface area (Å²) < 4.78 is 11.1. The molecule has 0 spiro atoms. The molecule has 1 amide bonds. The van der Waals surface area contributed by atoms with Crippen molar-refractivity contribution in [3.8, 4) is 0 Å². The Bertz CT molecular complexity index is 451. The molecular weight excluding hydrogens is 286 g/mol. The van der Waals surface area contributed by atoms with Crippen molar-refractivity contribution in [2.24, 2.45) is 5.92 Å². The van der Waals surface area contributed by atoms with Crippen LogP contribution >= 0.6 is 0 Å². The van der Waals surface area contributed by atoms with E-state index in [9.17, 15) is 9.59 Å². The highest BCUT2D eigenvalue weighted by Gasteiger charge is 2.45. The average molecular weight is 313 g/mol. The first-order valence-corrected chi connectivity index (χ1v) is 10.3. The molecule has 0 radical (unpaired) electrons. The number of β-lactam (4-membered cyclic amide) rings is 1. The van der Waals surface area contributed by atoms with Crippen LogP contribution in [0.5, 0.6) is 0 Å². The molecule has 5 nitrogen and oxygen atoms in total. The van der Waals surface area contributed by atoms with Crippen molar-refractivity contribution >= 4 is 20.2 Å². The maximum absolute atomic E-state index is 11.8. The predicted molar refractivity (Wildman–Crippen MR) is 84.1 cm³/mol. The summed E-state index contributed by atoms with van der Waals surface area (Å²) in [5.41, 5.74) is 0.588. The first-order chi connectivity index (χ1) is 9.49. The van der Waals surface area contributed by atoms with Crippen LogP contribution in [0.15, 0.2) is 11.8 Å². The first-order valence-electron chi connectivity index (χ1n) is 7.36. The molecule has 0 aromatic rings. The van der Waals surface area contributed by atoms with Crippen molar-refractivity contribution in [2.75, 3.05) is 6.61 Å². The summed E-state index contributed by atoms with van der Waals surface area (Å²) in [7, 11) is -1.95. The standard InChI is InChI=1S/C15H27NO4Si/c1-8-19-12(17)9-11-13(14(18)16-11)10(2)20-21(6,7)15(3,4)5/h9-10,13H,8H2,1-7H3,(H,16,18)/b11-9+/t10-,13+/m1/s1. The topological polar surface area (TPSA) is 64.6 Å². The maximum atomic E-state index is 11.8. The Kier molecular flexibility index (Phi) is 5.39. The van der Waals surface area contributed by atoms with E-state index in [0.29, 0.717) is 12.3 Å². The molecule has 1 aliphatic rings. The summed E-state index contributed by atoms with van der Waals surface area (Å²) in [4.78, 5) is 23.3. The van der Waals surface area contributed by atoms with E-state index in [2.05, 4.69) is 39.2 Å². The molecule has 1 saturated heterocycles. The first kappa shape index (κ1) is 17.9. The number of nitrogens with one attached hydrogen (secondary N) is 1. The van der Waals surface area contributed by atoms with Crippen molar-refractivity contribution < 1.29 is 18.8 Å². The molecule has 1 fully saturated rings. The molecule has 1 N–H and O–H groups in total. The van der Waals surface area contributed by atoms with Crippen LogP contribution in [0.1, 0.15) is 34.6 Å². The zero-order valence-electron chi connectivity index (χ0n) is 14.1. The number of hydrogen-bond acceptors (Lipinski definition) is 4. The Balaban J connectivity index is 2.79. The minimum absolute atomic E-state index is 0.0759. The zero-order valence-corrected chi connectivity index (χ0v) is 15.1. The third-order valence-electron chi connectivity index (χ3n) is 4.20. The third kappa shape index (κ3) is 4.17. The van der Waals surface area contributed by atoms with E-state index in [-0.39, 0.29) is 17.0 Å². The molecule has 0 saturated carbocycles. The highest BCUT2D eigenvalue weighted by Crippen LogP contribution is 2.39. The van der Waals surface area contributed by atoms with Crippen molar-refractivity contribution in [3.63, 3.8) is 0 Å². The van der Waals surface area contributed by atoms with E-state index in [1.54, 1.807) is 6.92 Å². The van der Waals surface area contributed by atoms with Crippen LogP contribution in [0.4, 0.5) is 0 Å². The van der Waals surface area contributed by atoms with E-state index < -0.39 is 20.2 Å². The SMILES string of the molecule is CCOC(=O)/C=C1/NC(=O)[C@H]1[C@@H](C)O[Si](C)(C)C(C)(C)C. The van der Waals surface area contributed by atoms with Gasteiger partial charge in [0.1, 0.15) is 5.92 Å². The van der Waals surface area contributed by atoms with E-state index in [1.165, 1.54) is 6.08 Å². The summed E-state index contributed by atoms with van der Waals surface area (Å²) >= 11 is 0. The molecule has 0 bridgehead atoms. The molecule has 120 valence electrons. The van der Waals surface area contributed by atoms with E-state index in [1.807, 2.05) is 6.92 Å². The van der Waals surface area contributed by atoms with Gasteiger partial charge in [-0.3, -0.25) is 4.79 Å². The Hall–Kier alpha value is -1.14. The molecule has 1 heterocycles. The number of amides is 1.